The number of Topliss-reactive ketones (excluding diaryl/α,β-unsaturated/α-hetero) is 1. The summed E-state index contributed by atoms with van der Waals surface area (Å²) in [5, 5.41) is 9.78. The van der Waals surface area contributed by atoms with Crippen molar-refractivity contribution in [3.05, 3.63) is 64.2 Å². The fraction of sp³-hybridized carbons (Fsp3) is 0.385. The minimum atomic E-state index is -1.05. The zero-order valence-corrected chi connectivity index (χ0v) is 20.0. The smallest absolute Gasteiger partial charge is 0.335 e. The molecule has 1 heterocycles. The van der Waals surface area contributed by atoms with Crippen LogP contribution in [0.15, 0.2) is 42.5 Å². The summed E-state index contributed by atoms with van der Waals surface area (Å²) in [5.74, 6) is -2.26. The van der Waals surface area contributed by atoms with Gasteiger partial charge in [-0.25, -0.2) is 4.79 Å². The molecule has 2 atom stereocenters. The fourth-order valence-corrected chi connectivity index (χ4v) is 4.52. The topological polar surface area (TPSA) is 101 Å². The summed E-state index contributed by atoms with van der Waals surface area (Å²) in [6.07, 6.45) is 1.44. The van der Waals surface area contributed by atoms with Crippen molar-refractivity contribution in [2.24, 2.45) is 5.92 Å². The van der Waals surface area contributed by atoms with Crippen LogP contribution >= 0.6 is 11.6 Å². The summed E-state index contributed by atoms with van der Waals surface area (Å²) >= 11 is 6.13. The van der Waals surface area contributed by atoms with E-state index in [0.29, 0.717) is 35.6 Å². The lowest BCUT2D eigenvalue weighted by Gasteiger charge is -2.25. The number of imide groups is 1. The molecule has 2 amide bonds. The molecule has 8 heteroatoms. The van der Waals surface area contributed by atoms with Crippen LogP contribution in [0.2, 0.25) is 5.02 Å². The minimum Gasteiger partial charge on any atom is -0.496 e. The maximum Gasteiger partial charge on any atom is 0.335 e. The molecule has 1 saturated heterocycles. The van der Waals surface area contributed by atoms with E-state index in [4.69, 9.17) is 16.3 Å². The Bertz CT molecular complexity index is 1100. The molecule has 1 fully saturated rings. The van der Waals surface area contributed by atoms with E-state index in [1.807, 2.05) is 6.92 Å². The summed E-state index contributed by atoms with van der Waals surface area (Å²) in [7, 11) is 1.53. The van der Waals surface area contributed by atoms with Gasteiger partial charge in [0, 0.05) is 23.8 Å². The van der Waals surface area contributed by atoms with Gasteiger partial charge >= 0.3 is 5.97 Å². The number of hydrogen-bond acceptors (Lipinski definition) is 5. The van der Waals surface area contributed by atoms with Crippen molar-refractivity contribution in [2.45, 2.75) is 44.9 Å². The molecule has 0 unspecified atom stereocenters. The molecule has 0 radical (unpaired) electrons. The van der Waals surface area contributed by atoms with Crippen LogP contribution in [-0.4, -0.2) is 47.2 Å². The van der Waals surface area contributed by atoms with E-state index in [1.165, 1.54) is 13.2 Å². The summed E-state index contributed by atoms with van der Waals surface area (Å²) < 4.78 is 5.39. The molecule has 180 valence electrons. The zero-order valence-electron chi connectivity index (χ0n) is 19.3. The van der Waals surface area contributed by atoms with Crippen molar-refractivity contribution in [1.82, 2.24) is 4.90 Å². The third kappa shape index (κ3) is 6.03. The molecule has 0 bridgehead atoms. The molecule has 7 nitrogen and oxygen atoms in total. The lowest BCUT2D eigenvalue weighted by atomic mass is 9.91. The minimum absolute atomic E-state index is 0.00575. The number of hydrogen-bond donors (Lipinski definition) is 1. The standard InChI is InChI=1S/C26H28ClNO6/c1-3-16(17-5-4-6-19(11-17)26(32)33)14-24(30)28-15-22(29)9-7-18(25(28)31)12-20-13-21(27)8-10-23(20)34-2/h4-6,8,10-11,13,16,18H,3,7,9,12,14-15H2,1-2H3,(H,32,33)/t16-,18+/m0/s1. The molecule has 34 heavy (non-hydrogen) atoms. The third-order valence-electron chi connectivity index (χ3n) is 6.25. The van der Waals surface area contributed by atoms with Crippen LogP contribution in [0.5, 0.6) is 5.75 Å². The van der Waals surface area contributed by atoms with Gasteiger partial charge in [-0.15, -0.1) is 0 Å². The molecule has 0 spiro atoms. The van der Waals surface area contributed by atoms with Crippen LogP contribution in [-0.2, 0) is 20.8 Å². The Hall–Kier alpha value is -3.19. The van der Waals surface area contributed by atoms with Gasteiger partial charge in [-0.05, 0) is 66.6 Å². The molecule has 2 aromatic rings. The molecule has 1 aliphatic heterocycles. The molecule has 2 aromatic carbocycles. The number of ketones is 1. The van der Waals surface area contributed by atoms with Crippen LogP contribution in [0.3, 0.4) is 0 Å². The number of carbonyl (C=O) groups excluding carboxylic acids is 3. The van der Waals surface area contributed by atoms with Crippen LogP contribution < -0.4 is 4.74 Å². The van der Waals surface area contributed by atoms with E-state index >= 15 is 0 Å². The predicted octanol–water partition coefficient (Wildman–Crippen LogP) is 4.51. The molecule has 0 saturated carbocycles. The second-order valence-electron chi connectivity index (χ2n) is 8.49. The van der Waals surface area contributed by atoms with Gasteiger partial charge in [0.05, 0.1) is 19.2 Å². The first kappa shape index (κ1) is 25.4. The Morgan fingerprint density at radius 2 is 1.97 bits per heavy atom. The lowest BCUT2D eigenvalue weighted by molar-refractivity contribution is -0.148. The van der Waals surface area contributed by atoms with Crippen LogP contribution in [0.4, 0.5) is 0 Å². The Kier molecular flexibility index (Phi) is 8.45. The van der Waals surface area contributed by atoms with E-state index < -0.39 is 17.8 Å². The molecule has 1 N–H and O–H groups in total. The summed E-state index contributed by atoms with van der Waals surface area (Å²) in [6.45, 7) is 1.65. The molecule has 0 aliphatic carbocycles. The Labute approximate surface area is 203 Å². The van der Waals surface area contributed by atoms with E-state index in [0.717, 1.165) is 10.5 Å². The molecular weight excluding hydrogens is 458 g/mol. The highest BCUT2D eigenvalue weighted by atomic mass is 35.5. The summed E-state index contributed by atoms with van der Waals surface area (Å²) in [4.78, 5) is 51.4. The monoisotopic (exact) mass is 485 g/mol. The van der Waals surface area contributed by atoms with E-state index in [1.54, 1.807) is 36.4 Å². The first-order chi connectivity index (χ1) is 16.2. The number of nitrogens with zero attached hydrogens (tertiary/aromatic N) is 1. The van der Waals surface area contributed by atoms with Crippen molar-refractivity contribution in [3.8, 4) is 5.75 Å². The lowest BCUT2D eigenvalue weighted by Crippen LogP contribution is -2.42. The quantitative estimate of drug-likeness (QED) is 0.590. The van der Waals surface area contributed by atoms with E-state index in [2.05, 4.69) is 0 Å². The van der Waals surface area contributed by atoms with Crippen LogP contribution in [0.1, 0.15) is 60.0 Å². The average Bonchev–Trinajstić information content (AvgIpc) is 2.96. The summed E-state index contributed by atoms with van der Waals surface area (Å²) in [6, 6.07) is 11.6. The van der Waals surface area contributed by atoms with Crippen molar-refractivity contribution in [2.75, 3.05) is 13.7 Å². The maximum atomic E-state index is 13.4. The largest absolute Gasteiger partial charge is 0.496 e. The highest BCUT2D eigenvalue weighted by Crippen LogP contribution is 2.30. The average molecular weight is 486 g/mol. The number of likely N-dealkylation sites (tertiary alicyclic amines) is 1. The number of carboxylic acids is 1. The molecule has 3 rings (SSSR count). The summed E-state index contributed by atoms with van der Waals surface area (Å²) in [5.41, 5.74) is 1.59. The number of carbonyl (C=O) groups is 4. The number of aromatic carboxylic acids is 1. The number of benzene rings is 2. The van der Waals surface area contributed by atoms with Crippen LogP contribution in [0.25, 0.3) is 0 Å². The normalized spacial score (nSPS) is 17.3. The van der Waals surface area contributed by atoms with E-state index in [9.17, 15) is 24.3 Å². The SMILES string of the molecule is CC[C@@H](CC(=O)N1CC(=O)CC[C@H](Cc2cc(Cl)ccc2OC)C1=O)c1cccc(C(=O)O)c1. The van der Waals surface area contributed by atoms with Gasteiger partial charge in [0.2, 0.25) is 11.8 Å². The first-order valence-electron chi connectivity index (χ1n) is 11.2. The number of methoxy groups -OCH3 is 1. The second kappa shape index (κ2) is 11.3. The highest BCUT2D eigenvalue weighted by Gasteiger charge is 2.35. The van der Waals surface area contributed by atoms with E-state index in [-0.39, 0.29) is 42.6 Å². The van der Waals surface area contributed by atoms with Gasteiger partial charge in [-0.2, -0.15) is 0 Å². The van der Waals surface area contributed by atoms with Gasteiger partial charge in [-0.3, -0.25) is 19.3 Å². The Balaban J connectivity index is 1.81. The van der Waals surface area contributed by atoms with Gasteiger partial charge < -0.3 is 9.84 Å². The maximum absolute atomic E-state index is 13.4. The predicted molar refractivity (Wildman–Crippen MR) is 127 cm³/mol. The van der Waals surface area contributed by atoms with Crippen molar-refractivity contribution >= 4 is 35.2 Å². The molecule has 0 aromatic heterocycles. The van der Waals surface area contributed by atoms with Crippen molar-refractivity contribution in [1.29, 1.82) is 0 Å². The van der Waals surface area contributed by atoms with Crippen molar-refractivity contribution in [3.63, 3.8) is 0 Å². The number of ether oxygens (including phenoxy) is 1. The zero-order chi connectivity index (χ0) is 24.8. The number of halogens is 1. The number of amides is 2. The number of carboxylic acid groups (broad SMARTS) is 1. The Morgan fingerprint density at radius 3 is 2.65 bits per heavy atom. The van der Waals surface area contributed by atoms with Gasteiger partial charge in [0.15, 0.2) is 5.78 Å². The molecule has 1 aliphatic rings. The third-order valence-corrected chi connectivity index (χ3v) is 6.49. The van der Waals surface area contributed by atoms with Crippen molar-refractivity contribution < 1.29 is 29.0 Å². The van der Waals surface area contributed by atoms with Gasteiger partial charge in [0.1, 0.15) is 5.75 Å². The van der Waals surface area contributed by atoms with Gasteiger partial charge in [-0.1, -0.05) is 30.7 Å². The van der Waals surface area contributed by atoms with Crippen LogP contribution in [0, 0.1) is 5.92 Å². The number of rotatable bonds is 8. The second-order valence-corrected chi connectivity index (χ2v) is 8.93. The fourth-order valence-electron chi connectivity index (χ4n) is 4.33. The first-order valence-corrected chi connectivity index (χ1v) is 11.6. The molecular formula is C26H28ClNO6. The highest BCUT2D eigenvalue weighted by molar-refractivity contribution is 6.30. The Morgan fingerprint density at radius 1 is 1.21 bits per heavy atom. The van der Waals surface area contributed by atoms with Gasteiger partial charge in [0.25, 0.3) is 0 Å².